The molecule has 0 aromatic heterocycles. The first-order chi connectivity index (χ1) is 18.2. The summed E-state index contributed by atoms with van der Waals surface area (Å²) in [4.78, 5) is 0. The summed E-state index contributed by atoms with van der Waals surface area (Å²) >= 11 is 32.4. The molecule has 0 aromatic carbocycles. The van der Waals surface area contributed by atoms with Crippen molar-refractivity contribution in [2.45, 2.75) is 6.42 Å². The predicted molar refractivity (Wildman–Crippen MR) is 209 cm³/mol. The van der Waals surface area contributed by atoms with Gasteiger partial charge in [0.15, 0.2) is 0 Å². The zero-order chi connectivity index (χ0) is 25.2. The van der Waals surface area contributed by atoms with Crippen molar-refractivity contribution in [1.82, 2.24) is 0 Å². The molecule has 0 nitrogen and oxygen atoms in total. The van der Waals surface area contributed by atoms with Gasteiger partial charge in [0.25, 0.3) is 0 Å². The molecule has 0 saturated carbocycles. The molecular formula is C21H20S16. The fraction of sp³-hybridized carbons (Fsp3) is 0.429. The molecule has 37 heavy (non-hydrogen) atoms. The van der Waals surface area contributed by atoms with E-state index in [1.807, 2.05) is 118 Å². The normalized spacial score (nSPS) is 24.5. The first-order valence-corrected chi connectivity index (χ1v) is 25.8. The third kappa shape index (κ3) is 7.83. The number of thioether (sulfide) groups is 16. The molecule has 0 saturated heterocycles. The van der Waals surface area contributed by atoms with Gasteiger partial charge in [-0.3, -0.25) is 0 Å². The van der Waals surface area contributed by atoms with Crippen LogP contribution in [0.2, 0.25) is 0 Å². The van der Waals surface area contributed by atoms with Gasteiger partial charge < -0.3 is 0 Å². The molecule has 0 radical (unpaired) electrons. The molecule has 0 atom stereocenters. The molecule has 0 N–H and O–H groups in total. The second-order valence-corrected chi connectivity index (χ2v) is 26.6. The van der Waals surface area contributed by atoms with Gasteiger partial charge in [0, 0.05) is 23.0 Å². The molecule has 0 amide bonds. The zero-order valence-corrected chi connectivity index (χ0v) is 32.5. The Kier molecular flexibility index (Phi) is 12.9. The first-order valence-electron chi connectivity index (χ1n) is 10.9. The Balaban J connectivity index is 0.971. The summed E-state index contributed by atoms with van der Waals surface area (Å²) < 4.78 is 18.3. The minimum absolute atomic E-state index is 1.20. The molecule has 0 bridgehead atoms. The van der Waals surface area contributed by atoms with E-state index in [0.29, 0.717) is 0 Å². The summed E-state index contributed by atoms with van der Waals surface area (Å²) in [7, 11) is 0. The number of hydrogen-bond donors (Lipinski definition) is 0. The lowest BCUT2D eigenvalue weighted by Crippen LogP contribution is -1.88. The van der Waals surface area contributed by atoms with Crippen LogP contribution >= 0.6 is 188 Å². The molecule has 16 heteroatoms. The highest BCUT2D eigenvalue weighted by atomic mass is 32.3. The van der Waals surface area contributed by atoms with Crippen molar-refractivity contribution in [2.75, 3.05) is 47.0 Å². The average Bonchev–Trinajstić information content (AvgIpc) is 3.71. The van der Waals surface area contributed by atoms with Crippen molar-refractivity contribution < 1.29 is 0 Å². The van der Waals surface area contributed by atoms with Gasteiger partial charge in [0.05, 0.1) is 50.8 Å². The van der Waals surface area contributed by atoms with Gasteiger partial charge in [0.2, 0.25) is 0 Å². The van der Waals surface area contributed by atoms with Gasteiger partial charge in [-0.2, -0.15) is 0 Å². The minimum atomic E-state index is 1.20. The van der Waals surface area contributed by atoms with E-state index >= 15 is 0 Å². The maximum atomic E-state index is 2.23. The second-order valence-electron chi connectivity index (χ2n) is 7.12. The van der Waals surface area contributed by atoms with E-state index in [9.17, 15) is 0 Å². The molecule has 6 aliphatic heterocycles. The quantitative estimate of drug-likeness (QED) is 0.214. The lowest BCUT2D eigenvalue weighted by atomic mass is 10.6. The molecule has 0 aromatic rings. The van der Waals surface area contributed by atoms with Crippen LogP contribution in [0.1, 0.15) is 6.42 Å². The van der Waals surface area contributed by atoms with Gasteiger partial charge in [0.1, 0.15) is 0 Å². The molecule has 0 fully saturated rings. The van der Waals surface area contributed by atoms with Gasteiger partial charge in [-0.05, 0) is 30.4 Å². The number of hydrogen-bond acceptors (Lipinski definition) is 16. The minimum Gasteiger partial charge on any atom is -0.121 e. The van der Waals surface area contributed by atoms with Crippen LogP contribution in [0.4, 0.5) is 0 Å². The SMILES string of the molecule is CSC1=C(SCCCSC2=C(SC)SC(=C3SC4=C(SCCS4)S3)S2)SC(=C2SC3=C(SCCS3)S2)S1. The van der Waals surface area contributed by atoms with Gasteiger partial charge in [-0.1, -0.05) is 94.1 Å². The maximum absolute atomic E-state index is 2.23. The van der Waals surface area contributed by atoms with E-state index in [2.05, 4.69) is 83.1 Å². The average molecular weight is 785 g/mol. The van der Waals surface area contributed by atoms with E-state index in [0.717, 1.165) is 0 Å². The Hall–Kier alpha value is 4.04. The van der Waals surface area contributed by atoms with E-state index in [-0.39, 0.29) is 0 Å². The largest absolute Gasteiger partial charge is 0.121 e. The summed E-state index contributed by atoms with van der Waals surface area (Å²) in [6.45, 7) is 0. The standard InChI is InChI=1S/C21H20S16/c1-22-10-12(32-18(30-10)20-34-14-15(35-20)27-7-6-26-14)24-4-3-5-25-13-11(23-2)31-19(33-13)21-36-16-17(37-21)29-9-8-28-16/h3-9H2,1-2H3. The van der Waals surface area contributed by atoms with Crippen LogP contribution in [-0.2, 0) is 0 Å². The van der Waals surface area contributed by atoms with Crippen LogP contribution < -0.4 is 0 Å². The lowest BCUT2D eigenvalue weighted by Gasteiger charge is -2.08. The molecular weight excluding hydrogens is 765 g/mol. The second kappa shape index (κ2) is 15.4. The molecule has 6 heterocycles. The van der Waals surface area contributed by atoms with E-state index in [1.165, 1.54) is 74.8 Å². The fourth-order valence-corrected chi connectivity index (χ4v) is 26.7. The molecule has 0 spiro atoms. The van der Waals surface area contributed by atoms with Crippen LogP contribution in [0.5, 0.6) is 0 Å². The van der Waals surface area contributed by atoms with E-state index in [1.54, 1.807) is 16.9 Å². The van der Waals surface area contributed by atoms with Gasteiger partial charge >= 0.3 is 0 Å². The van der Waals surface area contributed by atoms with Crippen molar-refractivity contribution in [2.24, 2.45) is 0 Å². The van der Waals surface area contributed by atoms with Crippen LogP contribution in [0, 0.1) is 0 Å². The van der Waals surface area contributed by atoms with Gasteiger partial charge in [-0.25, -0.2) is 0 Å². The summed E-state index contributed by atoms with van der Waals surface area (Å²) in [5, 5.41) is 0. The van der Waals surface area contributed by atoms with Crippen LogP contribution in [0.25, 0.3) is 0 Å². The van der Waals surface area contributed by atoms with E-state index in [4.69, 9.17) is 0 Å². The van der Waals surface area contributed by atoms with Crippen LogP contribution in [0.3, 0.4) is 0 Å². The smallest absolute Gasteiger partial charge is 0.0717 e. The Bertz CT molecular complexity index is 1010. The van der Waals surface area contributed by atoms with Crippen molar-refractivity contribution in [3.63, 3.8) is 0 Å². The summed E-state index contributed by atoms with van der Waals surface area (Å²) in [5.41, 5.74) is 0. The van der Waals surface area contributed by atoms with Crippen molar-refractivity contribution in [1.29, 1.82) is 0 Å². The summed E-state index contributed by atoms with van der Waals surface area (Å²) in [5.74, 6) is 7.44. The monoisotopic (exact) mass is 784 g/mol. The zero-order valence-electron chi connectivity index (χ0n) is 19.5. The highest BCUT2D eigenvalue weighted by Crippen LogP contribution is 2.68. The number of rotatable bonds is 8. The Labute approximate surface area is 288 Å². The van der Waals surface area contributed by atoms with E-state index < -0.39 is 0 Å². The highest BCUT2D eigenvalue weighted by Gasteiger charge is 2.33. The highest BCUT2D eigenvalue weighted by molar-refractivity contribution is 8.46. The first kappa shape index (κ1) is 31.0. The van der Waals surface area contributed by atoms with Crippen molar-refractivity contribution >= 4 is 188 Å². The molecule has 6 rings (SSSR count). The Morgan fingerprint density at radius 2 is 0.757 bits per heavy atom. The lowest BCUT2D eigenvalue weighted by molar-refractivity contribution is 1.13. The van der Waals surface area contributed by atoms with Crippen molar-refractivity contribution in [3.05, 3.63) is 50.8 Å². The fourth-order valence-electron chi connectivity index (χ4n) is 3.13. The van der Waals surface area contributed by atoms with Crippen molar-refractivity contribution in [3.8, 4) is 0 Å². The Morgan fingerprint density at radius 1 is 0.432 bits per heavy atom. The molecule has 200 valence electrons. The topological polar surface area (TPSA) is 0 Å². The van der Waals surface area contributed by atoms with Crippen LogP contribution in [-0.4, -0.2) is 47.0 Å². The predicted octanol–water partition coefficient (Wildman–Crippen LogP) is 13.2. The molecule has 6 aliphatic rings. The van der Waals surface area contributed by atoms with Crippen LogP contribution in [0.15, 0.2) is 50.8 Å². The van der Waals surface area contributed by atoms with Gasteiger partial charge in [-0.15, -0.1) is 94.1 Å². The maximum Gasteiger partial charge on any atom is 0.0717 e. The molecule has 0 unspecified atom stereocenters. The Morgan fingerprint density at radius 3 is 1.11 bits per heavy atom. The molecule has 0 aliphatic carbocycles. The summed E-state index contributed by atoms with van der Waals surface area (Å²) in [6.07, 6.45) is 5.72. The third-order valence-electron chi connectivity index (χ3n) is 4.71. The third-order valence-corrected chi connectivity index (χ3v) is 28.2. The summed E-state index contributed by atoms with van der Waals surface area (Å²) in [6, 6.07) is 0.